The van der Waals surface area contributed by atoms with Gasteiger partial charge >= 0.3 is 0 Å². The second kappa shape index (κ2) is 8.09. The minimum atomic E-state index is 0.207. The van der Waals surface area contributed by atoms with Gasteiger partial charge in [0.1, 0.15) is 23.3 Å². The van der Waals surface area contributed by atoms with Gasteiger partial charge in [-0.1, -0.05) is 29.4 Å². The topological polar surface area (TPSA) is 88.1 Å². The third-order valence-corrected chi connectivity index (χ3v) is 4.52. The van der Waals surface area contributed by atoms with Crippen LogP contribution in [-0.2, 0) is 12.4 Å². The summed E-state index contributed by atoms with van der Waals surface area (Å²) in [7, 11) is 1.61. The van der Waals surface area contributed by atoms with Gasteiger partial charge in [-0.25, -0.2) is 9.66 Å². The highest BCUT2D eigenvalue weighted by Gasteiger charge is 2.11. The molecule has 0 spiro atoms. The van der Waals surface area contributed by atoms with Crippen molar-refractivity contribution in [2.24, 2.45) is 0 Å². The van der Waals surface area contributed by atoms with Crippen LogP contribution in [0.2, 0.25) is 5.15 Å². The van der Waals surface area contributed by atoms with Gasteiger partial charge in [0.2, 0.25) is 5.16 Å². The second-order valence-electron chi connectivity index (χ2n) is 5.01. The lowest BCUT2D eigenvalue weighted by atomic mass is 10.3. The molecule has 0 aliphatic carbocycles. The lowest BCUT2D eigenvalue weighted by Gasteiger charge is -2.07. The van der Waals surface area contributed by atoms with Crippen LogP contribution in [0.5, 0.6) is 11.5 Å². The molecule has 0 saturated carbocycles. The van der Waals surface area contributed by atoms with E-state index in [0.717, 1.165) is 11.3 Å². The van der Waals surface area contributed by atoms with Crippen molar-refractivity contribution in [1.29, 1.82) is 0 Å². The van der Waals surface area contributed by atoms with Gasteiger partial charge in [0.15, 0.2) is 5.82 Å². The van der Waals surface area contributed by atoms with Crippen LogP contribution in [0.15, 0.2) is 47.8 Å². The van der Waals surface area contributed by atoms with E-state index in [1.165, 1.54) is 16.4 Å². The van der Waals surface area contributed by atoms with Gasteiger partial charge in [-0.15, -0.1) is 10.2 Å². The van der Waals surface area contributed by atoms with E-state index in [-0.39, 0.29) is 6.61 Å². The van der Waals surface area contributed by atoms with Crippen LogP contribution in [0.25, 0.3) is 0 Å². The molecule has 3 rings (SSSR count). The number of hydrogen-bond acceptors (Lipinski definition) is 7. The first-order valence-corrected chi connectivity index (χ1v) is 8.71. The zero-order valence-electron chi connectivity index (χ0n) is 13.4. The first kappa shape index (κ1) is 17.4. The summed E-state index contributed by atoms with van der Waals surface area (Å²) in [5, 5.41) is 9.23. The maximum absolute atomic E-state index is 6.05. The molecule has 2 aromatic heterocycles. The molecule has 2 N–H and O–H groups in total. The molecule has 0 saturated heterocycles. The van der Waals surface area contributed by atoms with Crippen LogP contribution in [0.3, 0.4) is 0 Å². The van der Waals surface area contributed by atoms with Crippen molar-refractivity contribution < 1.29 is 9.47 Å². The molecule has 0 amide bonds. The summed E-state index contributed by atoms with van der Waals surface area (Å²) < 4.78 is 12.3. The van der Waals surface area contributed by atoms with Crippen molar-refractivity contribution in [2.45, 2.75) is 17.5 Å². The average Bonchev–Trinajstić information content (AvgIpc) is 2.98. The lowest BCUT2D eigenvalue weighted by molar-refractivity contribution is 0.289. The van der Waals surface area contributed by atoms with Crippen molar-refractivity contribution in [3.63, 3.8) is 0 Å². The summed E-state index contributed by atoms with van der Waals surface area (Å²) >= 11 is 7.34. The highest BCUT2D eigenvalue weighted by atomic mass is 35.5. The summed E-state index contributed by atoms with van der Waals surface area (Å²) in [5.74, 6) is 8.62. The summed E-state index contributed by atoms with van der Waals surface area (Å²) in [6, 6.07) is 11.0. The van der Waals surface area contributed by atoms with Gasteiger partial charge < -0.3 is 15.3 Å². The van der Waals surface area contributed by atoms with E-state index in [1.54, 1.807) is 25.4 Å². The first-order chi connectivity index (χ1) is 12.2. The van der Waals surface area contributed by atoms with E-state index < -0.39 is 0 Å². The number of nitrogen functional groups attached to an aromatic ring is 1. The number of nitrogens with zero attached hydrogens (tertiary/aromatic N) is 4. The van der Waals surface area contributed by atoms with Crippen molar-refractivity contribution in [3.8, 4) is 11.5 Å². The Balaban J connectivity index is 1.60. The summed E-state index contributed by atoms with van der Waals surface area (Å²) in [6.07, 6.45) is 1.67. The number of methoxy groups -OCH3 is 1. The molecule has 7 nitrogen and oxygen atoms in total. The third-order valence-electron chi connectivity index (χ3n) is 3.30. The Kier molecular flexibility index (Phi) is 5.62. The van der Waals surface area contributed by atoms with Gasteiger partial charge in [-0.05, 0) is 29.8 Å². The number of nitrogens with two attached hydrogens (primary N) is 1. The van der Waals surface area contributed by atoms with E-state index in [2.05, 4.69) is 15.2 Å². The summed E-state index contributed by atoms with van der Waals surface area (Å²) in [5.41, 5.74) is 1.03. The number of ether oxygens (including phenoxy) is 2. The average molecular weight is 378 g/mol. The highest BCUT2D eigenvalue weighted by molar-refractivity contribution is 7.98. The Morgan fingerprint density at radius 1 is 1.20 bits per heavy atom. The van der Waals surface area contributed by atoms with Crippen molar-refractivity contribution in [3.05, 3.63) is 59.1 Å². The molecule has 130 valence electrons. The third kappa shape index (κ3) is 4.55. The van der Waals surface area contributed by atoms with Crippen LogP contribution in [0.4, 0.5) is 0 Å². The monoisotopic (exact) mass is 377 g/mol. The molecule has 0 bridgehead atoms. The zero-order chi connectivity index (χ0) is 17.6. The van der Waals surface area contributed by atoms with Gasteiger partial charge in [-0.3, -0.25) is 0 Å². The molecule has 2 heterocycles. The number of rotatable bonds is 7. The number of thioether (sulfide) groups is 1. The molecule has 0 aliphatic rings. The Bertz CT molecular complexity index is 858. The number of pyridine rings is 1. The standard InChI is InChI=1S/C16H16ClN5O2S/c1-23-12-3-2-4-13(8-12)24-9-15-20-21-16(22(15)18)25-10-11-5-6-19-14(17)7-11/h2-8H,9-10,18H2,1H3. The van der Waals surface area contributed by atoms with Crippen LogP contribution >= 0.6 is 23.4 Å². The maximum atomic E-state index is 6.05. The molecule has 0 radical (unpaired) electrons. The number of aromatic nitrogens is 4. The van der Waals surface area contributed by atoms with E-state index in [1.807, 2.05) is 24.3 Å². The van der Waals surface area contributed by atoms with Crippen molar-refractivity contribution in [2.75, 3.05) is 13.0 Å². The molecular formula is C16H16ClN5O2S. The number of benzene rings is 1. The van der Waals surface area contributed by atoms with Crippen LogP contribution in [0.1, 0.15) is 11.4 Å². The normalized spacial score (nSPS) is 10.6. The second-order valence-corrected chi connectivity index (χ2v) is 6.34. The fraction of sp³-hybridized carbons (Fsp3) is 0.188. The first-order valence-electron chi connectivity index (χ1n) is 7.35. The fourth-order valence-electron chi connectivity index (χ4n) is 2.02. The van der Waals surface area contributed by atoms with E-state index >= 15 is 0 Å². The summed E-state index contributed by atoms with van der Waals surface area (Å²) in [4.78, 5) is 3.95. The number of halogens is 1. The van der Waals surface area contributed by atoms with E-state index in [4.69, 9.17) is 26.9 Å². The van der Waals surface area contributed by atoms with Gasteiger partial charge in [0.25, 0.3) is 0 Å². The Labute approximate surface area is 154 Å². The smallest absolute Gasteiger partial charge is 0.210 e. The Morgan fingerprint density at radius 2 is 2.04 bits per heavy atom. The largest absolute Gasteiger partial charge is 0.497 e. The maximum Gasteiger partial charge on any atom is 0.210 e. The predicted molar refractivity (Wildman–Crippen MR) is 96.3 cm³/mol. The molecule has 0 fully saturated rings. The minimum absolute atomic E-state index is 0.207. The van der Waals surface area contributed by atoms with Crippen molar-refractivity contribution in [1.82, 2.24) is 19.9 Å². The van der Waals surface area contributed by atoms with Gasteiger partial charge in [-0.2, -0.15) is 0 Å². The van der Waals surface area contributed by atoms with Crippen LogP contribution < -0.4 is 15.3 Å². The summed E-state index contributed by atoms with van der Waals surface area (Å²) in [6.45, 7) is 0.207. The molecule has 0 atom stereocenters. The zero-order valence-corrected chi connectivity index (χ0v) is 15.0. The van der Waals surface area contributed by atoms with Crippen molar-refractivity contribution >= 4 is 23.4 Å². The van der Waals surface area contributed by atoms with Gasteiger partial charge in [0, 0.05) is 18.0 Å². The molecule has 3 aromatic rings. The predicted octanol–water partition coefficient (Wildman–Crippen LogP) is 2.92. The number of hydrogen-bond donors (Lipinski definition) is 1. The molecule has 1 aromatic carbocycles. The lowest BCUT2D eigenvalue weighted by Crippen LogP contribution is -2.15. The van der Waals surface area contributed by atoms with E-state index in [0.29, 0.717) is 27.6 Å². The Morgan fingerprint density at radius 3 is 2.84 bits per heavy atom. The highest BCUT2D eigenvalue weighted by Crippen LogP contribution is 2.23. The molecule has 0 aliphatic heterocycles. The molecule has 25 heavy (non-hydrogen) atoms. The molecular weight excluding hydrogens is 362 g/mol. The SMILES string of the molecule is COc1cccc(OCc2nnc(SCc3ccnc(Cl)c3)n2N)c1. The quantitative estimate of drug-likeness (QED) is 0.384. The van der Waals surface area contributed by atoms with Crippen LogP contribution in [-0.4, -0.2) is 27.0 Å². The molecule has 9 heteroatoms. The van der Waals surface area contributed by atoms with Gasteiger partial charge in [0.05, 0.1) is 7.11 Å². The molecule has 0 unspecified atom stereocenters. The Hall–Kier alpha value is -2.45. The minimum Gasteiger partial charge on any atom is -0.497 e. The van der Waals surface area contributed by atoms with Crippen LogP contribution in [0, 0.1) is 0 Å². The fourth-order valence-corrected chi connectivity index (χ4v) is 3.04. The van der Waals surface area contributed by atoms with E-state index in [9.17, 15) is 0 Å².